The topological polar surface area (TPSA) is 45.2 Å². The number of allylic oxidation sites excluding steroid dienone is 1. The van der Waals surface area contributed by atoms with E-state index in [2.05, 4.69) is 23.2 Å². The third-order valence-electron chi connectivity index (χ3n) is 3.85. The largest absolute Gasteiger partial charge is 0.432 e. The van der Waals surface area contributed by atoms with Crippen LogP contribution in [0.5, 0.6) is 0 Å². The maximum absolute atomic E-state index is 10.0. The summed E-state index contributed by atoms with van der Waals surface area (Å²) in [6.45, 7) is 7.33. The highest BCUT2D eigenvalue weighted by Gasteiger charge is 2.36. The van der Waals surface area contributed by atoms with E-state index in [0.717, 1.165) is 6.42 Å². The minimum Gasteiger partial charge on any atom is -0.432 e. The molecule has 1 atom stereocenters. The van der Waals surface area contributed by atoms with Crippen LogP contribution in [0.2, 0.25) is 5.82 Å². The molecule has 18 heavy (non-hydrogen) atoms. The van der Waals surface area contributed by atoms with Gasteiger partial charge in [0.2, 0.25) is 0 Å². The third kappa shape index (κ3) is 2.70. The van der Waals surface area contributed by atoms with Crippen LogP contribution in [-0.2, 0) is 11.1 Å². The van der Waals surface area contributed by atoms with Crippen molar-refractivity contribution < 1.29 is 9.76 Å². The normalized spacial score (nSPS) is 19.7. The fourth-order valence-electron chi connectivity index (χ4n) is 1.78. The van der Waals surface area contributed by atoms with Crippen LogP contribution in [0.1, 0.15) is 39.0 Å². The van der Waals surface area contributed by atoms with Gasteiger partial charge in [-0.2, -0.15) is 0 Å². The molecular weight excluding hydrogens is 225 g/mol. The zero-order chi connectivity index (χ0) is 13.4. The second-order valence-electron chi connectivity index (χ2n) is 5.97. The Morgan fingerprint density at radius 2 is 2.11 bits per heavy atom. The average Bonchev–Trinajstić information content (AvgIpc) is 2.71. The molecule has 2 rings (SSSR count). The Balaban J connectivity index is 1.93. The van der Waals surface area contributed by atoms with Crippen LogP contribution in [0.15, 0.2) is 18.3 Å². The van der Waals surface area contributed by atoms with Crippen LogP contribution < -0.4 is 0 Å². The van der Waals surface area contributed by atoms with Gasteiger partial charge in [-0.25, -0.2) is 0 Å². The first-order valence-corrected chi connectivity index (χ1v) is 6.37. The molecule has 1 aromatic heterocycles. The Bertz CT molecular complexity index is 443. The predicted octanol–water partition coefficient (Wildman–Crippen LogP) is 2.56. The summed E-state index contributed by atoms with van der Waals surface area (Å²) in [5.41, 5.74) is 1.02. The molecule has 97 valence electrons. The third-order valence-corrected chi connectivity index (χ3v) is 3.85. The van der Waals surface area contributed by atoms with Crippen LogP contribution >= 0.6 is 0 Å². The average molecular weight is 246 g/mol. The van der Waals surface area contributed by atoms with E-state index in [1.807, 2.05) is 27.5 Å². The molecule has 4 heteroatoms. The SMILES string of the molecule is CC(C)(O)C(C)(C)O[B]C1C=Cc2[nH]ccc2C1. The van der Waals surface area contributed by atoms with Crippen LogP contribution in [0.3, 0.4) is 0 Å². The first-order chi connectivity index (χ1) is 8.29. The quantitative estimate of drug-likeness (QED) is 0.802. The molecule has 0 fully saturated rings. The molecule has 0 amide bonds. The summed E-state index contributed by atoms with van der Waals surface area (Å²) in [7, 11) is 1.84. The molecule has 0 bridgehead atoms. The molecule has 1 aliphatic carbocycles. The fraction of sp³-hybridized carbons (Fsp3) is 0.571. The molecule has 0 saturated carbocycles. The molecule has 1 unspecified atom stereocenters. The summed E-state index contributed by atoms with van der Waals surface area (Å²) < 4.78 is 5.79. The van der Waals surface area contributed by atoms with Crippen LogP contribution in [0, 0.1) is 0 Å². The standard InChI is InChI=1S/C14H21BNO2/c1-13(2,17)14(3,4)18-15-11-5-6-12-10(9-11)7-8-16-12/h5-8,11,16-17H,9H2,1-4H3. The van der Waals surface area contributed by atoms with Crippen molar-refractivity contribution in [3.63, 3.8) is 0 Å². The van der Waals surface area contributed by atoms with Gasteiger partial charge in [0.1, 0.15) is 0 Å². The highest BCUT2D eigenvalue weighted by atomic mass is 16.5. The number of hydrogen-bond donors (Lipinski definition) is 2. The van der Waals surface area contributed by atoms with E-state index in [0.29, 0.717) is 0 Å². The zero-order valence-electron chi connectivity index (χ0n) is 11.5. The van der Waals surface area contributed by atoms with Crippen molar-refractivity contribution in [1.29, 1.82) is 0 Å². The number of hydrogen-bond acceptors (Lipinski definition) is 2. The number of aromatic amines is 1. The Kier molecular flexibility index (Phi) is 3.43. The van der Waals surface area contributed by atoms with Crippen molar-refractivity contribution >= 4 is 13.6 Å². The van der Waals surface area contributed by atoms with Gasteiger partial charge < -0.3 is 14.7 Å². The monoisotopic (exact) mass is 246 g/mol. The second kappa shape index (κ2) is 4.59. The Morgan fingerprint density at radius 1 is 1.39 bits per heavy atom. The van der Waals surface area contributed by atoms with Crippen molar-refractivity contribution in [3.05, 3.63) is 29.6 Å². The lowest BCUT2D eigenvalue weighted by Gasteiger charge is -2.38. The molecule has 0 spiro atoms. The highest BCUT2D eigenvalue weighted by molar-refractivity contribution is 6.31. The number of aliphatic hydroxyl groups is 1. The Hall–Kier alpha value is -0.995. The van der Waals surface area contributed by atoms with Gasteiger partial charge >= 0.3 is 7.48 Å². The fourth-order valence-corrected chi connectivity index (χ4v) is 1.78. The molecule has 1 heterocycles. The van der Waals surface area contributed by atoms with Gasteiger partial charge in [-0.3, -0.25) is 0 Å². The zero-order valence-corrected chi connectivity index (χ0v) is 11.5. The Labute approximate surface area is 110 Å². The van der Waals surface area contributed by atoms with E-state index in [9.17, 15) is 5.11 Å². The van der Waals surface area contributed by atoms with Crippen molar-refractivity contribution in [2.24, 2.45) is 0 Å². The van der Waals surface area contributed by atoms with Gasteiger partial charge in [-0.15, -0.1) is 0 Å². The summed E-state index contributed by atoms with van der Waals surface area (Å²) in [6, 6.07) is 2.10. The van der Waals surface area contributed by atoms with Crippen LogP contribution in [0.25, 0.3) is 6.08 Å². The van der Waals surface area contributed by atoms with Gasteiger partial charge in [0, 0.05) is 11.9 Å². The van der Waals surface area contributed by atoms with E-state index in [-0.39, 0.29) is 5.82 Å². The lowest BCUT2D eigenvalue weighted by molar-refractivity contribution is -0.0907. The number of nitrogens with one attached hydrogen (secondary N) is 1. The lowest BCUT2D eigenvalue weighted by Crippen LogP contribution is -2.48. The summed E-state index contributed by atoms with van der Waals surface area (Å²) in [6.07, 6.45) is 7.11. The van der Waals surface area contributed by atoms with Gasteiger partial charge in [-0.05, 0) is 57.6 Å². The van der Waals surface area contributed by atoms with Gasteiger partial charge in [-0.1, -0.05) is 6.08 Å². The first kappa shape index (κ1) is 13.4. The Morgan fingerprint density at radius 3 is 2.78 bits per heavy atom. The summed E-state index contributed by atoms with van der Waals surface area (Å²) in [4.78, 5) is 3.19. The van der Waals surface area contributed by atoms with E-state index >= 15 is 0 Å². The van der Waals surface area contributed by atoms with Gasteiger partial charge in [0.05, 0.1) is 11.2 Å². The molecule has 1 radical (unpaired) electrons. The van der Waals surface area contributed by atoms with Crippen molar-refractivity contribution in [1.82, 2.24) is 4.98 Å². The van der Waals surface area contributed by atoms with E-state index in [4.69, 9.17) is 4.65 Å². The van der Waals surface area contributed by atoms with Crippen LogP contribution in [0.4, 0.5) is 0 Å². The molecule has 3 nitrogen and oxygen atoms in total. The van der Waals surface area contributed by atoms with E-state index in [1.54, 1.807) is 13.8 Å². The van der Waals surface area contributed by atoms with Crippen LogP contribution in [-0.4, -0.2) is 28.8 Å². The molecule has 0 aromatic carbocycles. The molecule has 2 N–H and O–H groups in total. The maximum atomic E-state index is 10.0. The minimum atomic E-state index is -0.874. The maximum Gasteiger partial charge on any atom is 0.301 e. The van der Waals surface area contributed by atoms with E-state index < -0.39 is 11.2 Å². The van der Waals surface area contributed by atoms with Gasteiger partial charge in [0.15, 0.2) is 0 Å². The lowest BCUT2D eigenvalue weighted by atomic mass is 9.72. The number of fused-ring (bicyclic) bond motifs is 1. The predicted molar refractivity (Wildman–Crippen MR) is 74.5 cm³/mol. The summed E-state index contributed by atoms with van der Waals surface area (Å²) in [5, 5.41) is 10.0. The molecule has 0 aliphatic heterocycles. The number of rotatable bonds is 4. The molecule has 1 aliphatic rings. The molecule has 1 aromatic rings. The van der Waals surface area contributed by atoms with Crippen molar-refractivity contribution in [2.45, 2.75) is 51.1 Å². The number of H-pyrrole nitrogens is 1. The number of aromatic nitrogens is 1. The van der Waals surface area contributed by atoms with Crippen molar-refractivity contribution in [2.75, 3.05) is 0 Å². The smallest absolute Gasteiger partial charge is 0.301 e. The molecular formula is C14H21BNO2. The van der Waals surface area contributed by atoms with E-state index in [1.165, 1.54) is 11.3 Å². The highest BCUT2D eigenvalue weighted by Crippen LogP contribution is 2.29. The summed E-state index contributed by atoms with van der Waals surface area (Å²) >= 11 is 0. The molecule has 0 saturated heterocycles. The second-order valence-corrected chi connectivity index (χ2v) is 5.97. The minimum absolute atomic E-state index is 0.259. The first-order valence-electron chi connectivity index (χ1n) is 6.37. The van der Waals surface area contributed by atoms with Gasteiger partial charge in [0.25, 0.3) is 0 Å². The van der Waals surface area contributed by atoms with Crippen molar-refractivity contribution in [3.8, 4) is 0 Å². The summed E-state index contributed by atoms with van der Waals surface area (Å²) in [5.74, 6) is 0.259.